The zero-order chi connectivity index (χ0) is 5.70. The predicted molar refractivity (Wildman–Crippen MR) is 28.4 cm³/mol. The lowest BCUT2D eigenvalue weighted by Gasteiger charge is -1.92. The molecule has 0 aliphatic rings. The highest BCUT2D eigenvalue weighted by Crippen LogP contribution is 1.98. The molecule has 0 aliphatic carbocycles. The van der Waals surface area contributed by atoms with Crippen LogP contribution < -0.4 is 0 Å². The van der Waals surface area contributed by atoms with Crippen LogP contribution in [0.4, 0.5) is 4.39 Å². The SMILES string of the molecule is CC(C)CC=[C]F. The molecule has 1 heteroatoms. The van der Waals surface area contributed by atoms with Gasteiger partial charge in [0.1, 0.15) is 0 Å². The van der Waals surface area contributed by atoms with Gasteiger partial charge in [-0.15, -0.1) is 0 Å². The van der Waals surface area contributed by atoms with Gasteiger partial charge in [0.25, 0.3) is 0 Å². The fourth-order valence-corrected chi connectivity index (χ4v) is 0.280. The molecule has 0 spiro atoms. The van der Waals surface area contributed by atoms with E-state index in [9.17, 15) is 4.39 Å². The second-order valence-corrected chi connectivity index (χ2v) is 1.94. The number of hydrogen-bond donors (Lipinski definition) is 0. The van der Waals surface area contributed by atoms with Crippen LogP contribution in [0.15, 0.2) is 6.08 Å². The van der Waals surface area contributed by atoms with Crippen LogP contribution >= 0.6 is 0 Å². The van der Waals surface area contributed by atoms with E-state index < -0.39 is 0 Å². The minimum atomic E-state index is 0.545. The highest BCUT2D eigenvalue weighted by Gasteiger charge is 1.85. The van der Waals surface area contributed by atoms with E-state index >= 15 is 0 Å². The lowest BCUT2D eigenvalue weighted by Crippen LogP contribution is -1.79. The molecule has 0 unspecified atom stereocenters. The third-order valence-electron chi connectivity index (χ3n) is 0.666. The molecule has 0 atom stereocenters. The third kappa shape index (κ3) is 5.67. The lowest BCUT2D eigenvalue weighted by molar-refractivity contribution is 0.629. The molecular weight excluding hydrogens is 91.1 g/mol. The van der Waals surface area contributed by atoms with Gasteiger partial charge in [0.05, 0.1) is 0 Å². The Labute approximate surface area is 44.0 Å². The first-order valence-corrected chi connectivity index (χ1v) is 2.45. The van der Waals surface area contributed by atoms with Crippen molar-refractivity contribution in [1.82, 2.24) is 0 Å². The molecule has 0 nitrogen and oxygen atoms in total. The molecule has 0 saturated heterocycles. The van der Waals surface area contributed by atoms with Crippen molar-refractivity contribution in [2.75, 3.05) is 0 Å². The minimum Gasteiger partial charge on any atom is -0.204 e. The van der Waals surface area contributed by atoms with Crippen LogP contribution in [0.5, 0.6) is 0 Å². The van der Waals surface area contributed by atoms with Gasteiger partial charge in [0.15, 0.2) is 6.33 Å². The molecule has 0 heterocycles. The summed E-state index contributed by atoms with van der Waals surface area (Å²) >= 11 is 0. The van der Waals surface area contributed by atoms with Crippen LogP contribution in [0.2, 0.25) is 0 Å². The van der Waals surface area contributed by atoms with Crippen molar-refractivity contribution >= 4 is 0 Å². The molecule has 0 aromatic heterocycles. The Morgan fingerprint density at radius 1 is 1.71 bits per heavy atom. The normalized spacial score (nSPS) is 11.4. The summed E-state index contributed by atoms with van der Waals surface area (Å²) in [5.41, 5.74) is 0. The molecule has 0 fully saturated rings. The van der Waals surface area contributed by atoms with E-state index in [1.54, 1.807) is 0 Å². The summed E-state index contributed by atoms with van der Waals surface area (Å²) in [5, 5.41) is 0. The summed E-state index contributed by atoms with van der Waals surface area (Å²) in [5.74, 6) is 0.545. The zero-order valence-electron chi connectivity index (χ0n) is 4.74. The Hall–Kier alpha value is -0.330. The van der Waals surface area contributed by atoms with Crippen LogP contribution in [-0.4, -0.2) is 0 Å². The van der Waals surface area contributed by atoms with Crippen LogP contribution in [0.1, 0.15) is 20.3 Å². The summed E-state index contributed by atoms with van der Waals surface area (Å²) in [4.78, 5) is 0. The summed E-state index contributed by atoms with van der Waals surface area (Å²) in [6, 6.07) is 0. The molecule has 0 aromatic carbocycles. The molecule has 1 radical (unpaired) electrons. The van der Waals surface area contributed by atoms with Crippen LogP contribution in [0, 0.1) is 12.2 Å². The average Bonchev–Trinajstić information content (AvgIpc) is 1.61. The van der Waals surface area contributed by atoms with E-state index in [-0.39, 0.29) is 0 Å². The van der Waals surface area contributed by atoms with Gasteiger partial charge in [-0.05, 0) is 18.4 Å². The molecule has 7 heavy (non-hydrogen) atoms. The maximum atomic E-state index is 11.0. The quantitative estimate of drug-likeness (QED) is 0.500. The zero-order valence-corrected chi connectivity index (χ0v) is 4.74. The van der Waals surface area contributed by atoms with Gasteiger partial charge >= 0.3 is 0 Å². The topological polar surface area (TPSA) is 0 Å². The Bertz CT molecular complexity index is 55.2. The van der Waals surface area contributed by atoms with Crippen LogP contribution in [0.25, 0.3) is 0 Å². The summed E-state index contributed by atoms with van der Waals surface area (Å²) in [6.07, 6.45) is 3.67. The van der Waals surface area contributed by atoms with Gasteiger partial charge in [-0.2, -0.15) is 0 Å². The highest BCUT2D eigenvalue weighted by molar-refractivity contribution is 4.67. The first kappa shape index (κ1) is 6.67. The molecule has 0 aromatic rings. The number of hydrogen-bond acceptors (Lipinski definition) is 0. The van der Waals surface area contributed by atoms with Gasteiger partial charge in [-0.25, -0.2) is 4.39 Å². The van der Waals surface area contributed by atoms with Gasteiger partial charge in [-0.1, -0.05) is 13.8 Å². The number of rotatable bonds is 2. The standard InChI is InChI=1S/C6H10F/c1-6(2)4-3-5-7/h3,6H,4H2,1-2H3. The first-order valence-electron chi connectivity index (χ1n) is 2.45. The van der Waals surface area contributed by atoms with Crippen molar-refractivity contribution in [2.45, 2.75) is 20.3 Å². The minimum absolute atomic E-state index is 0.545. The Kier molecular flexibility index (Phi) is 3.67. The van der Waals surface area contributed by atoms with Crippen molar-refractivity contribution in [1.29, 1.82) is 0 Å². The lowest BCUT2D eigenvalue weighted by atomic mass is 10.1. The monoisotopic (exact) mass is 101 g/mol. The van der Waals surface area contributed by atoms with E-state index in [0.717, 1.165) is 6.42 Å². The summed E-state index contributed by atoms with van der Waals surface area (Å²) in [7, 11) is 0. The van der Waals surface area contributed by atoms with E-state index in [4.69, 9.17) is 0 Å². The highest BCUT2D eigenvalue weighted by atomic mass is 19.1. The van der Waals surface area contributed by atoms with Gasteiger partial charge in [-0.3, -0.25) is 0 Å². The molecule has 0 rings (SSSR count). The van der Waals surface area contributed by atoms with Gasteiger partial charge in [0.2, 0.25) is 0 Å². The number of allylic oxidation sites excluding steroid dienone is 1. The van der Waals surface area contributed by atoms with Crippen molar-refractivity contribution < 1.29 is 4.39 Å². The fourth-order valence-electron chi connectivity index (χ4n) is 0.280. The molecule has 0 aliphatic heterocycles. The maximum Gasteiger partial charge on any atom is 0.154 e. The molecule has 41 valence electrons. The van der Waals surface area contributed by atoms with Gasteiger partial charge in [0, 0.05) is 0 Å². The van der Waals surface area contributed by atoms with E-state index in [2.05, 4.69) is 0 Å². The van der Waals surface area contributed by atoms with Crippen molar-refractivity contribution in [3.05, 3.63) is 12.4 Å². The third-order valence-corrected chi connectivity index (χ3v) is 0.666. The number of halogens is 1. The smallest absolute Gasteiger partial charge is 0.154 e. The second-order valence-electron chi connectivity index (χ2n) is 1.94. The van der Waals surface area contributed by atoms with Gasteiger partial charge < -0.3 is 0 Å². The Morgan fingerprint density at radius 3 is 2.43 bits per heavy atom. The molecule has 0 bridgehead atoms. The van der Waals surface area contributed by atoms with Crippen molar-refractivity contribution in [3.8, 4) is 0 Å². The fraction of sp³-hybridized carbons (Fsp3) is 0.667. The van der Waals surface area contributed by atoms with Crippen molar-refractivity contribution in [3.63, 3.8) is 0 Å². The van der Waals surface area contributed by atoms with Crippen molar-refractivity contribution in [2.24, 2.45) is 5.92 Å². The second kappa shape index (κ2) is 3.85. The van der Waals surface area contributed by atoms with Crippen LogP contribution in [0.3, 0.4) is 0 Å². The molecule has 0 N–H and O–H groups in total. The first-order chi connectivity index (χ1) is 3.27. The predicted octanol–water partition coefficient (Wildman–Crippen LogP) is 2.32. The van der Waals surface area contributed by atoms with E-state index in [1.165, 1.54) is 12.4 Å². The Morgan fingerprint density at radius 2 is 2.29 bits per heavy atom. The average molecular weight is 101 g/mol. The van der Waals surface area contributed by atoms with E-state index in [1.807, 2.05) is 13.8 Å². The van der Waals surface area contributed by atoms with E-state index in [0.29, 0.717) is 5.92 Å². The molecular formula is C6H10F. The largest absolute Gasteiger partial charge is 0.204 e. The molecule has 0 saturated carbocycles. The summed E-state index contributed by atoms with van der Waals surface area (Å²) < 4.78 is 11.0. The molecule has 0 amide bonds. The Balaban J connectivity index is 2.97. The maximum absolute atomic E-state index is 11.0. The van der Waals surface area contributed by atoms with Crippen LogP contribution in [-0.2, 0) is 0 Å². The summed E-state index contributed by atoms with van der Waals surface area (Å²) in [6.45, 7) is 4.07.